The fraction of sp³-hybridized carbons (Fsp3) is 0.542. The van der Waals surface area contributed by atoms with Crippen molar-refractivity contribution in [2.24, 2.45) is 22.6 Å². The Labute approximate surface area is 183 Å². The second-order valence-electron chi connectivity index (χ2n) is 9.54. The first-order chi connectivity index (χ1) is 14.8. The van der Waals surface area contributed by atoms with Crippen LogP contribution in [0.15, 0.2) is 52.7 Å². The lowest BCUT2D eigenvalue weighted by Crippen LogP contribution is -2.44. The molecule has 6 nitrogen and oxygen atoms in total. The van der Waals surface area contributed by atoms with Crippen LogP contribution in [-0.2, 0) is 4.79 Å². The normalized spacial score (nSPS) is 29.9. The van der Waals surface area contributed by atoms with Gasteiger partial charge >= 0.3 is 0 Å². The number of dihydropyridines is 1. The summed E-state index contributed by atoms with van der Waals surface area (Å²) in [5, 5.41) is 7.55. The van der Waals surface area contributed by atoms with E-state index in [9.17, 15) is 9.18 Å². The number of halogens is 1. The van der Waals surface area contributed by atoms with E-state index in [4.69, 9.17) is 16.1 Å². The summed E-state index contributed by atoms with van der Waals surface area (Å²) in [5.74, 6) is 0.176. The van der Waals surface area contributed by atoms with Crippen molar-refractivity contribution in [3.63, 3.8) is 0 Å². The predicted octanol–water partition coefficient (Wildman–Crippen LogP) is 2.64. The van der Waals surface area contributed by atoms with Gasteiger partial charge in [0.25, 0.3) is 0 Å². The van der Waals surface area contributed by atoms with Gasteiger partial charge in [-0.1, -0.05) is 18.2 Å². The van der Waals surface area contributed by atoms with Gasteiger partial charge in [0.15, 0.2) is 0 Å². The molecule has 31 heavy (non-hydrogen) atoms. The van der Waals surface area contributed by atoms with Crippen LogP contribution in [-0.4, -0.2) is 71.6 Å². The fourth-order valence-electron chi connectivity index (χ4n) is 5.17. The van der Waals surface area contributed by atoms with Gasteiger partial charge in [-0.15, -0.1) is 0 Å². The van der Waals surface area contributed by atoms with Gasteiger partial charge in [0, 0.05) is 61.2 Å². The number of carbonyl (C=O) groups is 1. The molecule has 7 heteroatoms. The van der Waals surface area contributed by atoms with Crippen LogP contribution in [0.1, 0.15) is 26.7 Å². The third kappa shape index (κ3) is 4.28. The Bertz CT molecular complexity index is 900. The van der Waals surface area contributed by atoms with Crippen LogP contribution in [0.2, 0.25) is 0 Å². The number of allylic oxidation sites excluding steroid dienone is 4. The zero-order valence-corrected chi connectivity index (χ0v) is 18.3. The molecule has 0 aromatic rings. The maximum Gasteiger partial charge on any atom is 0.250 e. The highest BCUT2D eigenvalue weighted by atomic mass is 19.1. The number of carbonyl (C=O) groups excluding carboxylic acids is 1. The highest BCUT2D eigenvalue weighted by Gasteiger charge is 2.43. The summed E-state index contributed by atoms with van der Waals surface area (Å²) < 4.78 is 13.8. The van der Waals surface area contributed by atoms with Gasteiger partial charge in [-0.25, -0.2) is 4.39 Å². The zero-order valence-electron chi connectivity index (χ0n) is 18.3. The average Bonchev–Trinajstić information content (AvgIpc) is 3.28. The van der Waals surface area contributed by atoms with Gasteiger partial charge in [0.05, 0.1) is 12.6 Å². The quantitative estimate of drug-likeness (QED) is 0.642. The highest BCUT2D eigenvalue weighted by Crippen LogP contribution is 2.37. The number of nitrogens with one attached hydrogen (secondary N) is 1. The monoisotopic (exact) mass is 425 g/mol. The molecular weight excluding hydrogens is 393 g/mol. The standard InChI is InChI=1S/C24H32FN5O/c1-24(2)10-16(15-30(24)23(31)18-4-3-5-20(25)8-18)14-29-7-6-17-9-21(19(11-26)12-27)28-13-22(17)29/h3-7,9,11,16,19-20,22,26H,8,10,12-15,27H2,1-2H3. The van der Waals surface area contributed by atoms with Crippen LogP contribution in [0, 0.1) is 17.2 Å². The molecule has 1 aliphatic carbocycles. The number of amides is 1. The first kappa shape index (κ1) is 21.7. The Kier molecular flexibility index (Phi) is 5.97. The maximum absolute atomic E-state index is 13.8. The van der Waals surface area contributed by atoms with Crippen molar-refractivity contribution >= 4 is 17.8 Å². The molecule has 4 aliphatic rings. The molecule has 0 saturated carbocycles. The van der Waals surface area contributed by atoms with Crippen molar-refractivity contribution in [3.8, 4) is 0 Å². The van der Waals surface area contributed by atoms with Crippen molar-refractivity contribution in [2.45, 2.75) is 44.4 Å². The van der Waals surface area contributed by atoms with E-state index >= 15 is 0 Å². The first-order valence-corrected chi connectivity index (χ1v) is 11.1. The van der Waals surface area contributed by atoms with E-state index in [1.165, 1.54) is 17.9 Å². The molecule has 0 spiro atoms. The predicted molar refractivity (Wildman–Crippen MR) is 122 cm³/mol. The van der Waals surface area contributed by atoms with Crippen LogP contribution in [0.3, 0.4) is 0 Å². The van der Waals surface area contributed by atoms with Gasteiger partial charge in [0.1, 0.15) is 6.17 Å². The lowest BCUT2D eigenvalue weighted by Gasteiger charge is -2.32. The van der Waals surface area contributed by atoms with E-state index < -0.39 is 6.17 Å². The lowest BCUT2D eigenvalue weighted by molar-refractivity contribution is -0.130. The Balaban J connectivity index is 1.40. The molecule has 0 bridgehead atoms. The summed E-state index contributed by atoms with van der Waals surface area (Å²) in [6.07, 6.45) is 12.6. The zero-order chi connectivity index (χ0) is 22.2. The molecule has 1 amide bonds. The third-order valence-corrected chi connectivity index (χ3v) is 6.82. The van der Waals surface area contributed by atoms with Crippen LogP contribution in [0.4, 0.5) is 4.39 Å². The van der Waals surface area contributed by atoms with E-state index in [0.29, 0.717) is 31.1 Å². The second-order valence-corrected chi connectivity index (χ2v) is 9.54. The Morgan fingerprint density at radius 3 is 3.00 bits per heavy atom. The van der Waals surface area contributed by atoms with Gasteiger partial charge in [0.2, 0.25) is 5.91 Å². The summed E-state index contributed by atoms with van der Waals surface area (Å²) >= 11 is 0. The fourth-order valence-corrected chi connectivity index (χ4v) is 5.17. The van der Waals surface area contributed by atoms with Gasteiger partial charge in [-0.2, -0.15) is 0 Å². The van der Waals surface area contributed by atoms with Crippen LogP contribution >= 0.6 is 0 Å². The number of alkyl halides is 1. The van der Waals surface area contributed by atoms with Gasteiger partial charge in [-0.05, 0) is 43.9 Å². The van der Waals surface area contributed by atoms with E-state index in [-0.39, 0.29) is 29.8 Å². The largest absolute Gasteiger partial charge is 0.368 e. The van der Waals surface area contributed by atoms with Crippen molar-refractivity contribution < 1.29 is 9.18 Å². The lowest BCUT2D eigenvalue weighted by atomic mass is 9.94. The number of hydrogen-bond acceptors (Lipinski definition) is 5. The summed E-state index contributed by atoms with van der Waals surface area (Å²) in [5.41, 5.74) is 8.16. The third-order valence-electron chi connectivity index (χ3n) is 6.82. The summed E-state index contributed by atoms with van der Waals surface area (Å²) in [6, 6.07) is 0.208. The van der Waals surface area contributed by atoms with Crippen LogP contribution in [0.25, 0.3) is 0 Å². The maximum atomic E-state index is 13.8. The molecule has 1 fully saturated rings. The molecule has 166 valence electrons. The molecule has 0 radical (unpaired) electrons. The van der Waals surface area contributed by atoms with Gasteiger partial charge in [-0.3, -0.25) is 9.79 Å². The van der Waals surface area contributed by atoms with Crippen molar-refractivity contribution in [1.29, 1.82) is 5.41 Å². The number of fused-ring (bicyclic) bond motifs is 1. The smallest absolute Gasteiger partial charge is 0.250 e. The minimum absolute atomic E-state index is 0.0385. The average molecular weight is 426 g/mol. The molecule has 0 aromatic carbocycles. The molecule has 4 unspecified atom stereocenters. The number of hydrogen-bond donors (Lipinski definition) is 2. The van der Waals surface area contributed by atoms with Crippen molar-refractivity contribution in [2.75, 3.05) is 26.2 Å². The highest BCUT2D eigenvalue weighted by molar-refractivity contribution is 6.06. The molecule has 4 atom stereocenters. The molecular formula is C24H32FN5O. The minimum atomic E-state index is -1.08. The van der Waals surface area contributed by atoms with E-state index in [1.807, 2.05) is 4.90 Å². The number of aliphatic imine (C=N–C) groups is 1. The Morgan fingerprint density at radius 2 is 2.29 bits per heavy atom. The topological polar surface area (TPSA) is 85.8 Å². The Morgan fingerprint density at radius 1 is 1.48 bits per heavy atom. The first-order valence-electron chi connectivity index (χ1n) is 11.1. The SMILES string of the molecule is CC1(C)CC(CN2C=CC3=CC(C(C=N)CN)=NCC32)CN1C(=O)C1=CC=CC(F)C1. The summed E-state index contributed by atoms with van der Waals surface area (Å²) in [4.78, 5) is 22.0. The van der Waals surface area contributed by atoms with Crippen LogP contribution < -0.4 is 5.73 Å². The minimum Gasteiger partial charge on any atom is -0.368 e. The molecule has 4 rings (SSSR count). The van der Waals surface area contributed by atoms with E-state index in [1.54, 1.807) is 12.2 Å². The number of nitrogens with two attached hydrogens (primary N) is 1. The second kappa shape index (κ2) is 8.54. The van der Waals surface area contributed by atoms with E-state index in [2.05, 4.69) is 37.1 Å². The van der Waals surface area contributed by atoms with Crippen molar-refractivity contribution in [1.82, 2.24) is 9.80 Å². The molecule has 1 saturated heterocycles. The van der Waals surface area contributed by atoms with Gasteiger partial charge < -0.3 is 20.9 Å². The summed E-state index contributed by atoms with van der Waals surface area (Å²) in [7, 11) is 0. The molecule has 3 N–H and O–H groups in total. The molecule has 3 aliphatic heterocycles. The summed E-state index contributed by atoms with van der Waals surface area (Å²) in [6.45, 7) is 6.78. The molecule has 0 aromatic heterocycles. The number of nitrogens with zero attached hydrogens (tertiary/aromatic N) is 3. The van der Waals surface area contributed by atoms with Crippen LogP contribution in [0.5, 0.6) is 0 Å². The van der Waals surface area contributed by atoms with Crippen molar-refractivity contribution in [3.05, 3.63) is 47.7 Å². The molecule has 3 heterocycles. The van der Waals surface area contributed by atoms with E-state index in [0.717, 1.165) is 18.7 Å². The Hall–Kier alpha value is -2.54. The number of likely N-dealkylation sites (tertiary alicyclic amines) is 1. The number of rotatable bonds is 6.